The average molecular weight is 289 g/mol. The molecule has 0 radical (unpaired) electrons. The lowest BCUT2D eigenvalue weighted by Gasteiger charge is -2.31. The van der Waals surface area contributed by atoms with Gasteiger partial charge in [-0.2, -0.15) is 0 Å². The number of aryl methyl sites for hydroxylation is 1. The molecule has 2 aliphatic heterocycles. The molecule has 2 aliphatic rings. The lowest BCUT2D eigenvalue weighted by molar-refractivity contribution is -0.151. The van der Waals surface area contributed by atoms with Gasteiger partial charge in [0.05, 0.1) is 12.5 Å². The zero-order valence-electron chi connectivity index (χ0n) is 12.4. The van der Waals surface area contributed by atoms with Crippen molar-refractivity contribution in [2.75, 3.05) is 37.8 Å². The highest BCUT2D eigenvalue weighted by molar-refractivity contribution is 5.72. The van der Waals surface area contributed by atoms with Crippen molar-refractivity contribution in [2.45, 2.75) is 25.7 Å². The fourth-order valence-electron chi connectivity index (χ4n) is 3.15. The normalized spacial score (nSPS) is 19.1. The predicted octanol–water partition coefficient (Wildman–Crippen LogP) is 2.41. The third-order valence-electron chi connectivity index (χ3n) is 4.37. The summed E-state index contributed by atoms with van der Waals surface area (Å²) in [6.45, 7) is 3.67. The van der Waals surface area contributed by atoms with Crippen LogP contribution in [0, 0.1) is 5.92 Å². The van der Waals surface area contributed by atoms with Crippen LogP contribution in [0.1, 0.15) is 24.8 Å². The van der Waals surface area contributed by atoms with Crippen LogP contribution in [0.4, 0.5) is 5.69 Å². The predicted molar refractivity (Wildman–Crippen MR) is 81.5 cm³/mol. The number of anilines is 1. The van der Waals surface area contributed by atoms with Gasteiger partial charge in [-0.05, 0) is 37.3 Å². The number of carbonyl (C=O) groups excluding carboxylic acids is 1. The molecule has 0 N–H and O–H groups in total. The molecule has 0 saturated carbocycles. The first-order chi connectivity index (χ1) is 10.3. The van der Waals surface area contributed by atoms with E-state index in [1.54, 1.807) is 0 Å². The van der Waals surface area contributed by atoms with Crippen LogP contribution in [-0.2, 0) is 20.7 Å². The summed E-state index contributed by atoms with van der Waals surface area (Å²) >= 11 is 0. The molecule has 1 saturated heterocycles. The number of fused-ring (bicyclic) bond motifs is 1. The van der Waals surface area contributed by atoms with Crippen LogP contribution in [0.5, 0.6) is 0 Å². The Balaban J connectivity index is 1.48. The van der Waals surface area contributed by atoms with Crippen molar-refractivity contribution in [1.82, 2.24) is 0 Å². The van der Waals surface area contributed by atoms with Crippen LogP contribution < -0.4 is 4.90 Å². The van der Waals surface area contributed by atoms with Crippen LogP contribution in [0.15, 0.2) is 24.3 Å². The van der Waals surface area contributed by atoms with Gasteiger partial charge in [0.15, 0.2) is 0 Å². The molecule has 1 aromatic rings. The molecule has 0 bridgehead atoms. The Bertz CT molecular complexity index is 483. The van der Waals surface area contributed by atoms with E-state index < -0.39 is 0 Å². The van der Waals surface area contributed by atoms with Gasteiger partial charge in [-0.15, -0.1) is 0 Å². The van der Waals surface area contributed by atoms with Crippen LogP contribution in [0.3, 0.4) is 0 Å². The first-order valence-corrected chi connectivity index (χ1v) is 7.92. The van der Waals surface area contributed by atoms with Crippen molar-refractivity contribution in [3.05, 3.63) is 29.8 Å². The minimum atomic E-state index is -0.0522. The summed E-state index contributed by atoms with van der Waals surface area (Å²) in [4.78, 5) is 14.3. The van der Waals surface area contributed by atoms with Gasteiger partial charge >= 0.3 is 5.97 Å². The number of nitrogens with zero attached hydrogens (tertiary/aromatic N) is 1. The fraction of sp³-hybridized carbons (Fsp3) is 0.588. The number of para-hydroxylation sites is 1. The third-order valence-corrected chi connectivity index (χ3v) is 4.37. The standard InChI is InChI=1S/C17H23NO3/c19-17(15-7-11-20-12-8-15)21-13-10-18-9-3-5-14-4-1-2-6-16(14)18/h1-2,4,6,15H,3,5,7-13H2. The van der Waals surface area contributed by atoms with E-state index in [9.17, 15) is 4.79 Å². The van der Waals surface area contributed by atoms with Crippen LogP contribution in [0.25, 0.3) is 0 Å². The van der Waals surface area contributed by atoms with Gasteiger partial charge in [-0.25, -0.2) is 0 Å². The van der Waals surface area contributed by atoms with E-state index in [1.165, 1.54) is 17.7 Å². The highest BCUT2D eigenvalue weighted by atomic mass is 16.5. The Labute approximate surface area is 126 Å². The molecule has 114 valence electrons. The van der Waals surface area contributed by atoms with E-state index in [4.69, 9.17) is 9.47 Å². The van der Waals surface area contributed by atoms with Gasteiger partial charge in [0, 0.05) is 25.4 Å². The van der Waals surface area contributed by atoms with Crippen molar-refractivity contribution in [3.8, 4) is 0 Å². The summed E-state index contributed by atoms with van der Waals surface area (Å²) in [5.74, 6) is -0.0176. The summed E-state index contributed by atoms with van der Waals surface area (Å²) in [5, 5.41) is 0. The number of benzene rings is 1. The maximum atomic E-state index is 12.0. The summed E-state index contributed by atoms with van der Waals surface area (Å²) in [6, 6.07) is 8.52. The van der Waals surface area contributed by atoms with Crippen molar-refractivity contribution in [3.63, 3.8) is 0 Å². The lowest BCUT2D eigenvalue weighted by atomic mass is 10.0. The minimum absolute atomic E-state index is 0.0346. The van der Waals surface area contributed by atoms with Gasteiger partial charge in [0.25, 0.3) is 0 Å². The Hall–Kier alpha value is -1.55. The second-order valence-corrected chi connectivity index (χ2v) is 5.77. The number of rotatable bonds is 4. The third kappa shape index (κ3) is 3.56. The van der Waals surface area contributed by atoms with E-state index >= 15 is 0 Å². The van der Waals surface area contributed by atoms with Crippen LogP contribution >= 0.6 is 0 Å². The quantitative estimate of drug-likeness (QED) is 0.798. The van der Waals surface area contributed by atoms with E-state index in [2.05, 4.69) is 29.2 Å². The molecular formula is C17H23NO3. The topological polar surface area (TPSA) is 38.8 Å². The first kappa shape index (κ1) is 14.4. The number of hydrogen-bond donors (Lipinski definition) is 0. The Morgan fingerprint density at radius 2 is 2.10 bits per heavy atom. The summed E-state index contributed by atoms with van der Waals surface area (Å²) in [7, 11) is 0. The Morgan fingerprint density at radius 1 is 1.29 bits per heavy atom. The summed E-state index contributed by atoms with van der Waals surface area (Å²) in [5.41, 5.74) is 2.70. The molecule has 4 nitrogen and oxygen atoms in total. The van der Waals surface area contributed by atoms with E-state index in [0.717, 1.165) is 32.4 Å². The van der Waals surface area contributed by atoms with Gasteiger partial charge < -0.3 is 14.4 Å². The van der Waals surface area contributed by atoms with Crippen molar-refractivity contribution in [1.29, 1.82) is 0 Å². The molecular weight excluding hydrogens is 266 g/mol. The molecule has 3 rings (SSSR count). The highest BCUT2D eigenvalue weighted by Gasteiger charge is 2.23. The molecule has 1 fully saturated rings. The molecule has 0 spiro atoms. The summed E-state index contributed by atoms with van der Waals surface area (Å²) in [6.07, 6.45) is 3.91. The molecule has 0 unspecified atom stereocenters. The van der Waals surface area contributed by atoms with Crippen molar-refractivity contribution in [2.24, 2.45) is 5.92 Å². The SMILES string of the molecule is O=C(OCCN1CCCc2ccccc21)C1CCOCC1. The minimum Gasteiger partial charge on any atom is -0.464 e. The fourth-order valence-corrected chi connectivity index (χ4v) is 3.15. The maximum Gasteiger partial charge on any atom is 0.309 e. The second kappa shape index (κ2) is 6.94. The lowest BCUT2D eigenvalue weighted by Crippen LogP contribution is -2.34. The van der Waals surface area contributed by atoms with Crippen LogP contribution in [-0.4, -0.2) is 38.9 Å². The van der Waals surface area contributed by atoms with Gasteiger partial charge in [-0.1, -0.05) is 18.2 Å². The van der Waals surface area contributed by atoms with Crippen LogP contribution in [0.2, 0.25) is 0 Å². The number of hydrogen-bond acceptors (Lipinski definition) is 4. The average Bonchev–Trinajstić information content (AvgIpc) is 2.56. The van der Waals surface area contributed by atoms with E-state index in [1.807, 2.05) is 0 Å². The first-order valence-electron chi connectivity index (χ1n) is 7.92. The van der Waals surface area contributed by atoms with Crippen molar-refractivity contribution >= 4 is 11.7 Å². The summed E-state index contributed by atoms with van der Waals surface area (Å²) < 4.78 is 10.7. The zero-order chi connectivity index (χ0) is 14.5. The smallest absolute Gasteiger partial charge is 0.309 e. The molecule has 21 heavy (non-hydrogen) atoms. The molecule has 0 amide bonds. The second-order valence-electron chi connectivity index (χ2n) is 5.77. The van der Waals surface area contributed by atoms with Gasteiger partial charge in [0.1, 0.15) is 6.61 Å². The Kier molecular flexibility index (Phi) is 4.76. The van der Waals surface area contributed by atoms with Gasteiger partial charge in [0.2, 0.25) is 0 Å². The largest absolute Gasteiger partial charge is 0.464 e. The number of esters is 1. The number of ether oxygens (including phenoxy) is 2. The maximum absolute atomic E-state index is 12.0. The molecule has 0 aromatic heterocycles. The Morgan fingerprint density at radius 3 is 2.95 bits per heavy atom. The highest BCUT2D eigenvalue weighted by Crippen LogP contribution is 2.26. The monoisotopic (exact) mass is 289 g/mol. The van der Waals surface area contributed by atoms with E-state index in [-0.39, 0.29) is 11.9 Å². The van der Waals surface area contributed by atoms with Crippen molar-refractivity contribution < 1.29 is 14.3 Å². The van der Waals surface area contributed by atoms with Gasteiger partial charge in [-0.3, -0.25) is 4.79 Å². The molecule has 4 heteroatoms. The molecule has 0 aliphatic carbocycles. The number of carbonyl (C=O) groups is 1. The molecule has 0 atom stereocenters. The molecule has 2 heterocycles. The van der Waals surface area contributed by atoms with E-state index in [0.29, 0.717) is 19.8 Å². The zero-order valence-corrected chi connectivity index (χ0v) is 12.4. The molecule has 1 aromatic carbocycles.